The quantitative estimate of drug-likeness (QED) is 0.0486. The van der Waals surface area contributed by atoms with E-state index in [0.29, 0.717) is 13.2 Å². The normalized spacial score (nSPS) is 12.6. The van der Waals surface area contributed by atoms with Gasteiger partial charge in [-0.1, -0.05) is 387 Å². The Hall–Kier alpha value is -0.200. The molecular formula is C72H147NO4. The Morgan fingerprint density at radius 3 is 0.494 bits per heavy atom. The Bertz CT molecular complexity index is 919. The van der Waals surface area contributed by atoms with E-state index in [2.05, 4.69) is 33.0 Å². The molecule has 0 aromatic carbocycles. The second-order valence-electron chi connectivity index (χ2n) is 24.8. The van der Waals surface area contributed by atoms with E-state index in [1.165, 1.54) is 360 Å². The summed E-state index contributed by atoms with van der Waals surface area (Å²) in [5.74, 6) is 0. The molecule has 5 nitrogen and oxygen atoms in total. The number of unbranched alkanes of at least 4 members (excludes halogenated alkanes) is 56. The van der Waals surface area contributed by atoms with Gasteiger partial charge in [0.25, 0.3) is 0 Å². The van der Waals surface area contributed by atoms with Gasteiger partial charge in [-0.2, -0.15) is 0 Å². The summed E-state index contributed by atoms with van der Waals surface area (Å²) in [5, 5.41) is 3.77. The van der Waals surface area contributed by atoms with E-state index >= 15 is 0 Å². The standard InChI is InChI=1S/C72H147NO4/c1-5-9-13-17-21-25-29-33-37-39-43-47-51-55-59-63-67-76-71(69-74-65-61-57-53-49-45-41-35-31-27-23-19-15-11-7-3)73-72(70-75-66-62-58-54-50-46-42-36-32-28-24-20-16-12-8-4)77-68-64-60-56-52-48-44-40-38-34-30-26-22-18-14-10-6-2/h71-73H,5-70H2,1-4H3. The van der Waals surface area contributed by atoms with E-state index in [-0.39, 0.29) is 12.5 Å². The third kappa shape index (κ3) is 68.2. The van der Waals surface area contributed by atoms with Crippen LogP contribution in [0.5, 0.6) is 0 Å². The van der Waals surface area contributed by atoms with Crippen LogP contribution in [-0.4, -0.2) is 52.1 Å². The van der Waals surface area contributed by atoms with Crippen LogP contribution in [0, 0.1) is 0 Å². The number of nitrogens with one attached hydrogen (secondary N) is 1. The molecule has 0 rings (SSSR count). The van der Waals surface area contributed by atoms with Crippen molar-refractivity contribution in [2.24, 2.45) is 0 Å². The van der Waals surface area contributed by atoms with Gasteiger partial charge < -0.3 is 18.9 Å². The maximum absolute atomic E-state index is 6.61. The second kappa shape index (κ2) is 71.9. The average molecular weight is 1090 g/mol. The van der Waals surface area contributed by atoms with Gasteiger partial charge in [0.2, 0.25) is 0 Å². The van der Waals surface area contributed by atoms with Gasteiger partial charge in [0.05, 0.1) is 13.2 Å². The largest absolute Gasteiger partial charge is 0.377 e. The molecule has 1 N–H and O–H groups in total. The molecule has 2 atom stereocenters. The molecule has 0 fully saturated rings. The summed E-state index contributed by atoms with van der Waals surface area (Å²) in [5.41, 5.74) is 0. The highest BCUT2D eigenvalue weighted by molar-refractivity contribution is 4.63. The van der Waals surface area contributed by atoms with E-state index in [4.69, 9.17) is 18.9 Å². The lowest BCUT2D eigenvalue weighted by Crippen LogP contribution is -2.47. The van der Waals surface area contributed by atoms with Gasteiger partial charge in [0.1, 0.15) is 12.5 Å². The minimum Gasteiger partial charge on any atom is -0.377 e. The minimum atomic E-state index is -0.168. The maximum Gasteiger partial charge on any atom is 0.133 e. The molecule has 77 heavy (non-hydrogen) atoms. The molecule has 464 valence electrons. The highest BCUT2D eigenvalue weighted by Gasteiger charge is 2.18. The van der Waals surface area contributed by atoms with Crippen molar-refractivity contribution in [1.29, 1.82) is 0 Å². The fourth-order valence-electron chi connectivity index (χ4n) is 11.4. The van der Waals surface area contributed by atoms with Crippen LogP contribution in [0.25, 0.3) is 0 Å². The van der Waals surface area contributed by atoms with Crippen molar-refractivity contribution in [3.63, 3.8) is 0 Å². The molecule has 2 unspecified atom stereocenters. The zero-order valence-corrected chi connectivity index (χ0v) is 54.0. The Morgan fingerprint density at radius 1 is 0.182 bits per heavy atom. The van der Waals surface area contributed by atoms with Gasteiger partial charge in [-0.25, -0.2) is 0 Å². The van der Waals surface area contributed by atoms with Crippen molar-refractivity contribution in [1.82, 2.24) is 5.32 Å². The Balaban J connectivity index is 4.88. The minimum absolute atomic E-state index is 0.168. The lowest BCUT2D eigenvalue weighted by molar-refractivity contribution is -0.0993. The molecule has 0 heterocycles. The van der Waals surface area contributed by atoms with Crippen molar-refractivity contribution in [3.8, 4) is 0 Å². The maximum atomic E-state index is 6.61. The average Bonchev–Trinajstić information content (AvgIpc) is 3.44. The summed E-state index contributed by atoms with van der Waals surface area (Å²) in [4.78, 5) is 0. The first-order valence-corrected chi connectivity index (χ1v) is 36.4. The summed E-state index contributed by atoms with van der Waals surface area (Å²) in [6.45, 7) is 13.6. The Kier molecular flexibility index (Phi) is 71.7. The van der Waals surface area contributed by atoms with Gasteiger partial charge in [0.15, 0.2) is 0 Å². The van der Waals surface area contributed by atoms with Crippen LogP contribution >= 0.6 is 0 Å². The predicted octanol–water partition coefficient (Wildman–Crippen LogP) is 24.8. The topological polar surface area (TPSA) is 49.0 Å². The highest BCUT2D eigenvalue weighted by Crippen LogP contribution is 2.18. The molecule has 0 bridgehead atoms. The fourth-order valence-corrected chi connectivity index (χ4v) is 11.4. The van der Waals surface area contributed by atoms with Crippen molar-refractivity contribution in [2.45, 2.75) is 425 Å². The SMILES string of the molecule is CCCCCCCCCCCCCCCCCCOC(COCCCCCCCCCCCCCCCC)NC(COCCCCCCCCCCCCCCCC)OCCCCCCCCCCCCCCCCCC. The molecule has 0 aromatic heterocycles. The van der Waals surface area contributed by atoms with E-state index in [9.17, 15) is 0 Å². The summed E-state index contributed by atoms with van der Waals surface area (Å²) in [6.07, 6.45) is 82.8. The summed E-state index contributed by atoms with van der Waals surface area (Å²) >= 11 is 0. The molecule has 0 amide bonds. The van der Waals surface area contributed by atoms with Gasteiger partial charge in [0, 0.05) is 26.4 Å². The molecule has 5 heteroatoms. The lowest BCUT2D eigenvalue weighted by Gasteiger charge is -2.26. The first kappa shape index (κ1) is 76.8. The van der Waals surface area contributed by atoms with Crippen molar-refractivity contribution >= 4 is 0 Å². The molecule has 0 spiro atoms. The second-order valence-corrected chi connectivity index (χ2v) is 24.8. The summed E-state index contributed by atoms with van der Waals surface area (Å²) in [6, 6.07) is 0. The van der Waals surface area contributed by atoms with Crippen molar-refractivity contribution in [2.75, 3.05) is 39.6 Å². The number of rotatable bonds is 72. The van der Waals surface area contributed by atoms with Crippen LogP contribution in [0.4, 0.5) is 0 Å². The van der Waals surface area contributed by atoms with Gasteiger partial charge >= 0.3 is 0 Å². The van der Waals surface area contributed by atoms with Crippen LogP contribution in [0.3, 0.4) is 0 Å². The fraction of sp³-hybridized carbons (Fsp3) is 1.00. The highest BCUT2D eigenvalue weighted by atomic mass is 16.6. The van der Waals surface area contributed by atoms with Gasteiger partial charge in [-0.3, -0.25) is 5.32 Å². The van der Waals surface area contributed by atoms with E-state index in [0.717, 1.165) is 52.1 Å². The zero-order valence-electron chi connectivity index (χ0n) is 54.0. The van der Waals surface area contributed by atoms with Crippen LogP contribution in [0.15, 0.2) is 0 Å². The predicted molar refractivity (Wildman–Crippen MR) is 344 cm³/mol. The number of ether oxygens (including phenoxy) is 4. The van der Waals surface area contributed by atoms with Crippen molar-refractivity contribution < 1.29 is 18.9 Å². The Labute approximate surface area is 487 Å². The zero-order chi connectivity index (χ0) is 55.4. The molecule has 0 aliphatic carbocycles. The van der Waals surface area contributed by atoms with E-state index < -0.39 is 0 Å². The number of hydrogen-bond acceptors (Lipinski definition) is 5. The molecule has 0 aromatic rings. The van der Waals surface area contributed by atoms with Gasteiger partial charge in [-0.15, -0.1) is 0 Å². The first-order valence-electron chi connectivity index (χ1n) is 36.4. The lowest BCUT2D eigenvalue weighted by atomic mass is 10.0. The van der Waals surface area contributed by atoms with Crippen LogP contribution in [0.2, 0.25) is 0 Å². The van der Waals surface area contributed by atoms with Crippen LogP contribution < -0.4 is 5.32 Å². The van der Waals surface area contributed by atoms with Crippen LogP contribution in [0.1, 0.15) is 413 Å². The molecule has 0 radical (unpaired) electrons. The number of hydrogen-bond donors (Lipinski definition) is 1. The Morgan fingerprint density at radius 2 is 0.325 bits per heavy atom. The molecule has 0 aliphatic heterocycles. The summed E-state index contributed by atoms with van der Waals surface area (Å²) < 4.78 is 26.0. The molecule has 0 aliphatic rings. The molecule has 0 saturated carbocycles. The van der Waals surface area contributed by atoms with Crippen molar-refractivity contribution in [3.05, 3.63) is 0 Å². The monoisotopic (exact) mass is 1090 g/mol. The summed E-state index contributed by atoms with van der Waals surface area (Å²) in [7, 11) is 0. The van der Waals surface area contributed by atoms with E-state index in [1.807, 2.05) is 0 Å². The third-order valence-electron chi connectivity index (χ3n) is 16.8. The first-order chi connectivity index (χ1) is 38.3. The molecule has 0 saturated heterocycles. The van der Waals surface area contributed by atoms with Gasteiger partial charge in [-0.05, 0) is 25.7 Å². The van der Waals surface area contributed by atoms with E-state index in [1.54, 1.807) is 0 Å². The smallest absolute Gasteiger partial charge is 0.133 e. The molecular weight excluding hydrogens is 943 g/mol. The third-order valence-corrected chi connectivity index (χ3v) is 16.8. The van der Waals surface area contributed by atoms with Crippen LogP contribution in [-0.2, 0) is 18.9 Å².